The Hall–Kier alpha value is -1.95. The van der Waals surface area contributed by atoms with Crippen LogP contribution in [0.5, 0.6) is 0 Å². The van der Waals surface area contributed by atoms with Crippen LogP contribution in [0.1, 0.15) is 19.4 Å². The molecule has 3 aromatic carbocycles. The molecule has 0 radical (unpaired) electrons. The maximum absolute atomic E-state index is 2.39. The van der Waals surface area contributed by atoms with Crippen LogP contribution in [0.25, 0.3) is 0 Å². The van der Waals surface area contributed by atoms with Crippen LogP contribution in [0.3, 0.4) is 0 Å². The number of hydrogen-bond donors (Lipinski definition) is 0. The third-order valence-corrected chi connectivity index (χ3v) is 9.93. The van der Waals surface area contributed by atoms with Crippen molar-refractivity contribution in [1.29, 1.82) is 0 Å². The maximum atomic E-state index is 2.39. The molecule has 0 aliphatic heterocycles. The smallest absolute Gasteiger partial charge is 0.114 e. The summed E-state index contributed by atoms with van der Waals surface area (Å²) in [6.45, 7) is 5.74. The van der Waals surface area contributed by atoms with Crippen molar-refractivity contribution >= 4 is 23.2 Å². The first-order chi connectivity index (χ1) is 12.6. The zero-order valence-corrected chi connectivity index (χ0v) is 17.2. The second kappa shape index (κ2) is 8.16. The lowest BCUT2D eigenvalue weighted by molar-refractivity contribution is 0.403. The normalized spacial score (nSPS) is 11.9. The molecule has 0 fully saturated rings. The molecule has 0 aromatic heterocycles. The molecule has 0 heterocycles. The molecule has 134 valence electrons. The Morgan fingerprint density at radius 2 is 1.15 bits per heavy atom. The first kappa shape index (κ1) is 18.8. The molecule has 0 spiro atoms. The number of nitrogens with zero attached hydrogens (tertiary/aromatic N) is 1. The van der Waals surface area contributed by atoms with E-state index in [4.69, 9.17) is 0 Å². The number of hydrogen-bond acceptors (Lipinski definition) is 1. The van der Waals surface area contributed by atoms with Gasteiger partial charge >= 0.3 is 0 Å². The van der Waals surface area contributed by atoms with Crippen LogP contribution >= 0.6 is 7.26 Å². The van der Waals surface area contributed by atoms with Gasteiger partial charge in [0.15, 0.2) is 0 Å². The molecular weight excluding hydrogens is 333 g/mol. The van der Waals surface area contributed by atoms with E-state index in [-0.39, 0.29) is 0 Å². The monoisotopic (exact) mass is 362 g/mol. The maximum Gasteiger partial charge on any atom is 0.114 e. The van der Waals surface area contributed by atoms with Crippen molar-refractivity contribution in [3.8, 4) is 0 Å². The lowest BCUT2D eigenvalue weighted by Crippen LogP contribution is -2.38. The largest absolute Gasteiger partial charge is 0.305 e. The molecular formula is C24H29NP+. The van der Waals surface area contributed by atoms with Crippen LogP contribution in [0.2, 0.25) is 0 Å². The minimum Gasteiger partial charge on any atom is -0.305 e. The molecule has 0 atom stereocenters. The Morgan fingerprint density at radius 3 is 1.62 bits per heavy atom. The summed E-state index contributed by atoms with van der Waals surface area (Å²) in [5.41, 5.74) is 1.96. The number of rotatable bonds is 6. The average Bonchev–Trinajstić information content (AvgIpc) is 2.65. The zero-order valence-electron chi connectivity index (χ0n) is 16.3. The van der Waals surface area contributed by atoms with Crippen LogP contribution in [-0.4, -0.2) is 24.7 Å². The molecule has 0 saturated heterocycles. The van der Waals surface area contributed by atoms with Crippen LogP contribution in [0.15, 0.2) is 84.9 Å². The summed E-state index contributed by atoms with van der Waals surface area (Å²) < 4.78 is 0. The third-order valence-electron chi connectivity index (χ3n) is 4.96. The lowest BCUT2D eigenvalue weighted by atomic mass is 10.2. The summed E-state index contributed by atoms with van der Waals surface area (Å²) in [6, 6.07) is 31.3. The molecule has 0 N–H and O–H groups in total. The van der Waals surface area contributed by atoms with Gasteiger partial charge in [0.05, 0.1) is 5.66 Å². The van der Waals surface area contributed by atoms with E-state index in [1.807, 2.05) is 0 Å². The highest BCUT2D eigenvalue weighted by atomic mass is 31.2. The lowest BCUT2D eigenvalue weighted by Gasteiger charge is -2.33. The molecule has 2 heteroatoms. The van der Waals surface area contributed by atoms with Gasteiger partial charge in [0.25, 0.3) is 0 Å². The van der Waals surface area contributed by atoms with Crippen molar-refractivity contribution in [3.05, 3.63) is 90.5 Å². The van der Waals surface area contributed by atoms with E-state index >= 15 is 0 Å². The fourth-order valence-corrected chi connectivity index (χ4v) is 8.76. The molecule has 26 heavy (non-hydrogen) atoms. The highest BCUT2D eigenvalue weighted by Gasteiger charge is 2.49. The van der Waals surface area contributed by atoms with E-state index in [0.717, 1.165) is 6.54 Å². The van der Waals surface area contributed by atoms with Crippen LogP contribution in [0.4, 0.5) is 0 Å². The topological polar surface area (TPSA) is 3.24 Å². The highest BCUT2D eigenvalue weighted by Crippen LogP contribution is 2.60. The summed E-state index contributed by atoms with van der Waals surface area (Å²) in [7, 11) is 2.55. The Morgan fingerprint density at radius 1 is 0.692 bits per heavy atom. The average molecular weight is 362 g/mol. The SMILES string of the molecule is CC(C)[P+](c1ccccc1)(c1ccccc1)c1ccccc1CN(C)C. The van der Waals surface area contributed by atoms with Crippen molar-refractivity contribution in [2.75, 3.05) is 14.1 Å². The van der Waals surface area contributed by atoms with Crippen molar-refractivity contribution in [3.63, 3.8) is 0 Å². The summed E-state index contributed by atoms with van der Waals surface area (Å²) in [4.78, 5) is 2.27. The Kier molecular flexibility index (Phi) is 5.91. The molecule has 0 bridgehead atoms. The first-order valence-electron chi connectivity index (χ1n) is 9.30. The van der Waals surface area contributed by atoms with E-state index < -0.39 is 7.26 Å². The minimum atomic E-state index is -1.75. The highest BCUT2D eigenvalue weighted by molar-refractivity contribution is 7.96. The molecule has 0 aliphatic carbocycles. The first-order valence-corrected chi connectivity index (χ1v) is 11.2. The molecule has 0 amide bonds. The molecule has 3 aromatic rings. The van der Waals surface area contributed by atoms with Crippen molar-refractivity contribution in [1.82, 2.24) is 4.90 Å². The molecule has 0 aliphatic rings. The quantitative estimate of drug-likeness (QED) is 0.586. The Labute approximate surface area is 159 Å². The Balaban J connectivity index is 2.36. The third kappa shape index (κ3) is 3.47. The van der Waals surface area contributed by atoms with Gasteiger partial charge in [-0.1, -0.05) is 54.6 Å². The van der Waals surface area contributed by atoms with Crippen molar-refractivity contribution < 1.29 is 0 Å². The van der Waals surface area contributed by atoms with E-state index in [1.165, 1.54) is 21.5 Å². The molecule has 0 saturated carbocycles. The van der Waals surface area contributed by atoms with Crippen LogP contribution < -0.4 is 15.9 Å². The number of benzene rings is 3. The van der Waals surface area contributed by atoms with Crippen LogP contribution in [0, 0.1) is 0 Å². The van der Waals surface area contributed by atoms with E-state index in [0.29, 0.717) is 5.66 Å². The van der Waals surface area contributed by atoms with Crippen LogP contribution in [-0.2, 0) is 6.54 Å². The minimum absolute atomic E-state index is 0.524. The van der Waals surface area contributed by atoms with Gasteiger partial charge in [0.1, 0.15) is 23.2 Å². The van der Waals surface area contributed by atoms with E-state index in [2.05, 4.69) is 118 Å². The van der Waals surface area contributed by atoms with Crippen molar-refractivity contribution in [2.24, 2.45) is 0 Å². The van der Waals surface area contributed by atoms with Gasteiger partial charge in [0.2, 0.25) is 0 Å². The second-order valence-corrected chi connectivity index (χ2v) is 11.3. The van der Waals surface area contributed by atoms with Gasteiger partial charge in [-0.2, -0.15) is 0 Å². The van der Waals surface area contributed by atoms with E-state index in [1.54, 1.807) is 0 Å². The predicted molar refractivity (Wildman–Crippen MR) is 118 cm³/mol. The van der Waals surface area contributed by atoms with E-state index in [9.17, 15) is 0 Å². The Bertz CT molecular complexity index is 786. The standard InChI is InChI=1S/C24H29NP/c1-20(2)26(22-14-7-5-8-15-22,23-16-9-6-10-17-23)24-18-12-11-13-21(24)19-25(3)4/h5-18,20H,19H2,1-4H3/q+1. The van der Waals surface area contributed by atoms with Gasteiger partial charge in [0, 0.05) is 12.1 Å². The summed E-state index contributed by atoms with van der Waals surface area (Å²) in [6.07, 6.45) is 0. The predicted octanol–water partition coefficient (Wildman–Crippen LogP) is 4.45. The molecule has 3 rings (SSSR count). The van der Waals surface area contributed by atoms with Gasteiger partial charge in [-0.3, -0.25) is 0 Å². The molecule has 0 unspecified atom stereocenters. The van der Waals surface area contributed by atoms with Crippen molar-refractivity contribution in [2.45, 2.75) is 26.1 Å². The molecule has 1 nitrogen and oxygen atoms in total. The fourth-order valence-electron chi connectivity index (χ4n) is 3.96. The summed E-state index contributed by atoms with van der Waals surface area (Å²) in [5, 5.41) is 4.45. The van der Waals surface area contributed by atoms with Gasteiger partial charge in [-0.15, -0.1) is 0 Å². The van der Waals surface area contributed by atoms with Gasteiger partial charge in [-0.05, 0) is 58.3 Å². The van der Waals surface area contributed by atoms with Gasteiger partial charge < -0.3 is 4.90 Å². The van der Waals surface area contributed by atoms with Gasteiger partial charge in [-0.25, -0.2) is 0 Å². The summed E-state index contributed by atoms with van der Waals surface area (Å²) in [5.74, 6) is 0. The summed E-state index contributed by atoms with van der Waals surface area (Å²) >= 11 is 0. The zero-order chi connectivity index (χ0) is 18.6. The second-order valence-electron chi connectivity index (χ2n) is 7.35. The fraction of sp³-hybridized carbons (Fsp3) is 0.250.